The molecule has 34 heteroatoms. The molecule has 726 valence electrons. The van der Waals surface area contributed by atoms with E-state index in [0.717, 1.165) is 227 Å². The molecule has 5 unspecified atom stereocenters. The Labute approximate surface area is 833 Å². The van der Waals surface area contributed by atoms with Crippen LogP contribution in [0.15, 0.2) is 168 Å². The van der Waals surface area contributed by atoms with Gasteiger partial charge in [-0.15, -0.1) is 0 Å². The molecule has 10 aromatic carbocycles. The molecule has 5 aliphatic heterocycles. The molecule has 141 heavy (non-hydrogen) atoms. The second kappa shape index (κ2) is 37.9. The molecule has 15 aliphatic rings. The Hall–Kier alpha value is -11.7. The van der Waals surface area contributed by atoms with Gasteiger partial charge in [-0.25, -0.2) is 21.0 Å². The first-order chi connectivity index (χ1) is 67.8. The van der Waals surface area contributed by atoms with E-state index in [9.17, 15) is 69.0 Å². The van der Waals surface area contributed by atoms with Crippen molar-refractivity contribution in [3.05, 3.63) is 281 Å². The molecule has 0 radical (unpaired) electrons. The third-order valence-electron chi connectivity index (χ3n) is 29.6. The molecule has 0 spiro atoms. The molecular weight excluding hydrogens is 1950 g/mol. The lowest BCUT2D eigenvalue weighted by atomic mass is 9.98. The molecule has 0 fully saturated rings. The van der Waals surface area contributed by atoms with Gasteiger partial charge in [0, 0.05) is 38.5 Å². The number of amides is 10. The summed E-state index contributed by atoms with van der Waals surface area (Å²) in [5.74, 6) is -5.70. The summed E-state index contributed by atoms with van der Waals surface area (Å²) < 4.78 is 91.2. The molecule has 10 amide bonds. The van der Waals surface area contributed by atoms with Crippen molar-refractivity contribution >= 4 is 171 Å². The monoisotopic (exact) mass is 2050 g/mol. The zero-order valence-corrected chi connectivity index (χ0v) is 84.1. The summed E-state index contributed by atoms with van der Waals surface area (Å²) in [5.41, 5.74) is 32.1. The number of methoxy groups -OCH3 is 1. The van der Waals surface area contributed by atoms with Crippen molar-refractivity contribution in [3.8, 4) is 5.75 Å². The highest BCUT2D eigenvalue weighted by Crippen LogP contribution is 2.47. The Morgan fingerprint density at radius 3 is 0.879 bits per heavy atom. The maximum atomic E-state index is 13.5. The van der Waals surface area contributed by atoms with E-state index >= 15 is 0 Å². The number of rotatable bonds is 16. The number of hydrogen-bond donors (Lipinski definition) is 5. The zero-order valence-electron chi connectivity index (χ0n) is 77.7. The first kappa shape index (κ1) is 95.5. The number of halogens is 3. The standard InChI is InChI=1S/C22H22N2O4S.C22H22N2O3S.3C21H19ClN2O3S/c1-28-15-8-9-18-19(11-15)29(27,24-22(18)26)12-20(25)23-21-16-6-2-4-13(16)10-14-5-3-7-17(14)21;1-13-5-2-10-18-20(13)22(26)24-28(18,27)12-19(25)23-21-16-8-3-6-14(16)11-15-7-4-9-17(15)21;22-16-8-3-9-17-19(16)21(26)24-28(17,27)11-18(25)23-20-14-6-1-4-12(14)10-13-5-2-7-15(13)20;22-14-7-8-18-17(10-14)21(26)24-28(18,27)11-19(25)23-20-15-5-1-3-12(15)9-13-4-2-6-16(13)20;22-14-7-8-17-18(10-14)28(27,24-21(17)26)11-19(25)23-20-15-5-1-3-12(15)9-13-4-2-6-16(13)20/h8-11H,2-7,12H2,1H3,(H,23,25);2,5,10-11H,3-4,6-9,12H2,1H3,(H,23,25);3,8-10H,1-2,4-7,11H2,(H,23,25);2*7-10H,1-6,11H2,(H,23,25). The molecular formula is C107H101Cl3N10O16S5. The third-order valence-corrected chi connectivity index (χ3v) is 41.1. The summed E-state index contributed by atoms with van der Waals surface area (Å²) in [4.78, 5) is 127. The van der Waals surface area contributed by atoms with Gasteiger partial charge in [-0.2, -0.15) is 21.8 Å². The lowest BCUT2D eigenvalue weighted by Gasteiger charge is -2.16. The number of nitrogens with one attached hydrogen (secondary N) is 5. The van der Waals surface area contributed by atoms with Crippen LogP contribution in [0.5, 0.6) is 5.75 Å². The van der Waals surface area contributed by atoms with Gasteiger partial charge in [0.2, 0.25) is 29.5 Å². The molecule has 0 aromatic heterocycles. The molecule has 5 atom stereocenters. The zero-order chi connectivity index (χ0) is 98.0. The van der Waals surface area contributed by atoms with Crippen molar-refractivity contribution in [3.63, 3.8) is 0 Å². The fraction of sp³-hybridized carbons (Fsp3) is 0.346. The van der Waals surface area contributed by atoms with E-state index in [1.807, 2.05) is 0 Å². The number of aryl methyl sites for hydroxylation is 11. The van der Waals surface area contributed by atoms with Crippen LogP contribution in [0.1, 0.15) is 233 Å². The molecule has 0 saturated heterocycles. The minimum absolute atomic E-state index is 0.156. The number of carbonyl (C=O) groups excluding carboxylic acids is 10. The Balaban J connectivity index is 0.000000104. The van der Waals surface area contributed by atoms with E-state index in [1.54, 1.807) is 79.7 Å². The second-order valence-electron chi connectivity index (χ2n) is 38.5. The van der Waals surface area contributed by atoms with E-state index in [0.29, 0.717) is 36.0 Å². The summed E-state index contributed by atoms with van der Waals surface area (Å²) in [6.45, 7) is 1.80. The van der Waals surface area contributed by atoms with Gasteiger partial charge in [0.25, 0.3) is 29.5 Å². The van der Waals surface area contributed by atoms with Crippen LogP contribution in [0.2, 0.25) is 15.1 Å². The van der Waals surface area contributed by atoms with Crippen molar-refractivity contribution in [1.29, 1.82) is 0 Å². The highest BCUT2D eigenvalue weighted by atomic mass is 35.5. The number of ether oxygens (including phenoxy) is 1. The van der Waals surface area contributed by atoms with Crippen LogP contribution in [0.3, 0.4) is 0 Å². The third kappa shape index (κ3) is 18.0. The molecule has 5 heterocycles. The van der Waals surface area contributed by atoms with E-state index in [-0.39, 0.29) is 95.4 Å². The number of anilines is 5. The van der Waals surface area contributed by atoms with Crippen molar-refractivity contribution in [2.24, 2.45) is 21.8 Å². The van der Waals surface area contributed by atoms with Gasteiger partial charge in [0.15, 0.2) is 0 Å². The fourth-order valence-electron chi connectivity index (χ4n) is 23.4. The van der Waals surface area contributed by atoms with Gasteiger partial charge < -0.3 is 31.3 Å². The van der Waals surface area contributed by atoms with Crippen LogP contribution < -0.4 is 31.3 Å². The fourth-order valence-corrected chi connectivity index (χ4v) is 33.7. The van der Waals surface area contributed by atoms with Crippen molar-refractivity contribution < 1.29 is 73.7 Å². The highest BCUT2D eigenvalue weighted by Gasteiger charge is 2.41. The van der Waals surface area contributed by atoms with Crippen LogP contribution in [0.4, 0.5) is 28.4 Å². The average molecular weight is 2050 g/mol. The van der Waals surface area contributed by atoms with Crippen molar-refractivity contribution in [2.45, 2.75) is 224 Å². The Morgan fingerprint density at radius 2 is 0.546 bits per heavy atom. The molecule has 0 saturated carbocycles. The SMILES string of the molecule is COc1ccc2c(c1)S(=O)(CC(=O)Nc1c3c(cc4c1CCC4)CCC3)=NC2=O.Cc1cccc2c1C(=O)N=S2(=O)CC(=O)Nc1c2c(cc3c1CCC3)CCC2.O=C(CS1(=O)=NC(=O)c2c(Cl)cccc21)Nc1c2c(cc3c1CCC3)CCC2.O=C(CS1(=O)=NC(=O)c2cc(Cl)ccc21)Nc1c2c(cc3c1CCC3)CCC2.O=C(CS1(=O)=NC(=O)c2ccc(Cl)cc21)Nc1c2c(cc3c1CCC3)CCC2. The first-order valence-corrected chi connectivity index (χ1v) is 57.8. The maximum absolute atomic E-state index is 13.5. The van der Waals surface area contributed by atoms with Crippen molar-refractivity contribution in [2.75, 3.05) is 62.5 Å². The quantitative estimate of drug-likeness (QED) is 0.0600. The van der Waals surface area contributed by atoms with Crippen LogP contribution in [-0.2, 0) is 201 Å². The predicted octanol–water partition coefficient (Wildman–Crippen LogP) is 18.7. The van der Waals surface area contributed by atoms with E-state index in [4.69, 9.17) is 39.5 Å². The van der Waals surface area contributed by atoms with Gasteiger partial charge in [-0.3, -0.25) is 47.9 Å². The number of benzene rings is 10. The first-order valence-electron chi connectivity index (χ1n) is 48.2. The lowest BCUT2D eigenvalue weighted by molar-refractivity contribution is -0.114. The summed E-state index contributed by atoms with van der Waals surface area (Å²) in [6.07, 6.45) is 31.0. The summed E-state index contributed by atoms with van der Waals surface area (Å²) >= 11 is 18.0. The Morgan fingerprint density at radius 1 is 0.284 bits per heavy atom. The summed E-state index contributed by atoms with van der Waals surface area (Å²) in [5, 5.41) is 16.2. The van der Waals surface area contributed by atoms with E-state index in [2.05, 4.69) is 78.7 Å². The second-order valence-corrected chi connectivity index (χ2v) is 50.8. The molecule has 0 bridgehead atoms. The summed E-state index contributed by atoms with van der Waals surface area (Å²) in [7, 11) is -14.2. The predicted molar refractivity (Wildman–Crippen MR) is 544 cm³/mol. The van der Waals surface area contributed by atoms with Crippen LogP contribution in [0, 0.1) is 6.92 Å². The van der Waals surface area contributed by atoms with Gasteiger partial charge in [0.1, 0.15) is 34.5 Å². The van der Waals surface area contributed by atoms with Crippen LogP contribution in [0.25, 0.3) is 0 Å². The van der Waals surface area contributed by atoms with Gasteiger partial charge in [0.05, 0.1) is 113 Å². The average Bonchev–Trinajstić information content (AvgIpc) is 1.61. The smallest absolute Gasteiger partial charge is 0.288 e. The Kier molecular flexibility index (Phi) is 25.7. The number of hydrogen-bond acceptors (Lipinski definition) is 16. The molecule has 10 aromatic rings. The van der Waals surface area contributed by atoms with E-state index in [1.165, 1.54) is 137 Å². The molecule has 26 nitrogen and oxygen atoms in total. The number of carbonyl (C=O) groups is 10. The van der Waals surface area contributed by atoms with Gasteiger partial charge >= 0.3 is 0 Å². The highest BCUT2D eigenvalue weighted by molar-refractivity contribution is 7.96. The lowest BCUT2D eigenvalue weighted by Crippen LogP contribution is -2.23. The van der Waals surface area contributed by atoms with Gasteiger partial charge in [-0.1, -0.05) is 83.3 Å². The van der Waals surface area contributed by atoms with E-state index < -0.39 is 78.2 Å². The number of nitrogens with zero attached hydrogens (tertiary/aromatic N) is 5. The van der Waals surface area contributed by atoms with Gasteiger partial charge in [-0.05, 0) is 389 Å². The normalized spacial score (nSPS) is 21.7. The summed E-state index contributed by atoms with van der Waals surface area (Å²) in [6, 6.07) is 35.4. The largest absolute Gasteiger partial charge is 0.497 e. The maximum Gasteiger partial charge on any atom is 0.288 e. The Bertz CT molecular complexity index is 7570. The number of fused-ring (bicyclic) bond motifs is 15. The minimum atomic E-state index is -3.16. The molecule has 5 N–H and O–H groups in total. The van der Waals surface area contributed by atoms with Crippen LogP contribution in [-0.4, -0.2) is 116 Å². The minimum Gasteiger partial charge on any atom is -0.497 e. The van der Waals surface area contributed by atoms with Crippen LogP contribution >= 0.6 is 34.8 Å². The molecule has 25 rings (SSSR count). The topological polar surface area (TPSA) is 387 Å². The molecule has 10 aliphatic carbocycles. The van der Waals surface area contributed by atoms with Crippen molar-refractivity contribution in [1.82, 2.24) is 0 Å².